The zero-order valence-corrected chi connectivity index (χ0v) is 11.0. The normalized spacial score (nSPS) is 10.9. The molecular formula is C15H14FN3O. The van der Waals surface area contributed by atoms with Crippen LogP contribution in [0.25, 0.3) is 5.52 Å². The van der Waals surface area contributed by atoms with Crippen molar-refractivity contribution in [2.75, 3.05) is 5.73 Å². The molecule has 0 aliphatic heterocycles. The van der Waals surface area contributed by atoms with Crippen molar-refractivity contribution in [1.82, 2.24) is 9.61 Å². The van der Waals surface area contributed by atoms with Gasteiger partial charge in [-0.05, 0) is 30.2 Å². The van der Waals surface area contributed by atoms with Crippen LogP contribution in [-0.2, 0) is 6.42 Å². The number of hydrogen-bond donors (Lipinski definition) is 1. The van der Waals surface area contributed by atoms with Gasteiger partial charge in [0.15, 0.2) is 17.3 Å². The van der Waals surface area contributed by atoms with Gasteiger partial charge in [0.05, 0.1) is 6.20 Å². The minimum Gasteiger partial charge on any atom is -0.452 e. The minimum atomic E-state index is -0.482. The number of nitrogens with two attached hydrogens (primary N) is 1. The number of nitrogens with zero attached hydrogens (tertiary/aromatic N) is 2. The van der Waals surface area contributed by atoms with E-state index in [2.05, 4.69) is 12.0 Å². The predicted molar refractivity (Wildman–Crippen MR) is 75.5 cm³/mol. The molecule has 0 unspecified atom stereocenters. The van der Waals surface area contributed by atoms with Crippen molar-refractivity contribution in [3.63, 3.8) is 0 Å². The summed E-state index contributed by atoms with van der Waals surface area (Å²) in [7, 11) is 0. The predicted octanol–water partition coefficient (Wildman–Crippen LogP) is 3.41. The molecule has 102 valence electrons. The molecule has 4 nitrogen and oxygen atoms in total. The lowest BCUT2D eigenvalue weighted by atomic mass is 10.2. The Balaban J connectivity index is 2.08. The van der Waals surface area contributed by atoms with Crippen molar-refractivity contribution < 1.29 is 9.13 Å². The van der Waals surface area contributed by atoms with Crippen molar-refractivity contribution in [3.05, 3.63) is 54.1 Å². The molecule has 3 rings (SSSR count). The zero-order chi connectivity index (χ0) is 14.1. The molecule has 0 radical (unpaired) electrons. The molecule has 0 bridgehead atoms. The fraction of sp³-hybridized carbons (Fsp3) is 0.133. The molecule has 2 N–H and O–H groups in total. The average molecular weight is 271 g/mol. The van der Waals surface area contributed by atoms with E-state index >= 15 is 0 Å². The first-order valence-electron chi connectivity index (χ1n) is 6.37. The number of hydrogen-bond acceptors (Lipinski definition) is 3. The van der Waals surface area contributed by atoms with E-state index in [0.29, 0.717) is 11.4 Å². The summed E-state index contributed by atoms with van der Waals surface area (Å²) in [6.07, 6.45) is 4.33. The number of aromatic nitrogens is 2. The SMILES string of the molecule is CCc1ccn2nccc(Oc3ccc(N)cc3F)c12. The van der Waals surface area contributed by atoms with Crippen molar-refractivity contribution in [2.24, 2.45) is 0 Å². The Bertz CT molecular complexity index is 767. The van der Waals surface area contributed by atoms with E-state index in [0.717, 1.165) is 17.5 Å². The third kappa shape index (κ3) is 2.07. The molecule has 20 heavy (non-hydrogen) atoms. The fourth-order valence-electron chi connectivity index (χ4n) is 2.17. The van der Waals surface area contributed by atoms with Crippen LogP contribution in [0.15, 0.2) is 42.7 Å². The largest absolute Gasteiger partial charge is 0.452 e. The molecule has 0 saturated carbocycles. The van der Waals surface area contributed by atoms with E-state index in [1.807, 2.05) is 12.3 Å². The molecule has 0 aliphatic carbocycles. The monoisotopic (exact) mass is 271 g/mol. The quantitative estimate of drug-likeness (QED) is 0.743. The molecule has 0 atom stereocenters. The Hall–Kier alpha value is -2.56. The van der Waals surface area contributed by atoms with Gasteiger partial charge < -0.3 is 10.5 Å². The minimum absolute atomic E-state index is 0.149. The Labute approximate surface area is 115 Å². The van der Waals surface area contributed by atoms with Crippen molar-refractivity contribution in [3.8, 4) is 11.5 Å². The van der Waals surface area contributed by atoms with Gasteiger partial charge >= 0.3 is 0 Å². The topological polar surface area (TPSA) is 52.5 Å². The molecule has 0 fully saturated rings. The molecule has 0 saturated heterocycles. The van der Waals surface area contributed by atoms with Gasteiger partial charge in [-0.2, -0.15) is 5.10 Å². The summed E-state index contributed by atoms with van der Waals surface area (Å²) in [6.45, 7) is 2.05. The van der Waals surface area contributed by atoms with Crippen LogP contribution in [0.3, 0.4) is 0 Å². The molecule has 0 spiro atoms. The summed E-state index contributed by atoms with van der Waals surface area (Å²) < 4.78 is 21.2. The number of halogens is 1. The number of benzene rings is 1. The highest BCUT2D eigenvalue weighted by molar-refractivity contribution is 5.66. The van der Waals surface area contributed by atoms with Gasteiger partial charge in [-0.25, -0.2) is 8.91 Å². The van der Waals surface area contributed by atoms with E-state index in [1.54, 1.807) is 22.8 Å². The van der Waals surface area contributed by atoms with Gasteiger partial charge in [0.2, 0.25) is 0 Å². The third-order valence-electron chi connectivity index (χ3n) is 3.16. The van der Waals surface area contributed by atoms with Crippen molar-refractivity contribution in [2.45, 2.75) is 13.3 Å². The Kier molecular flexibility index (Phi) is 3.02. The van der Waals surface area contributed by atoms with Crippen LogP contribution in [0.2, 0.25) is 0 Å². The Morgan fingerprint density at radius 2 is 2.10 bits per heavy atom. The van der Waals surface area contributed by atoms with Crippen LogP contribution in [0.1, 0.15) is 12.5 Å². The molecule has 3 aromatic rings. The van der Waals surface area contributed by atoms with Gasteiger partial charge in [0.1, 0.15) is 5.52 Å². The van der Waals surface area contributed by atoms with Gasteiger partial charge in [-0.15, -0.1) is 0 Å². The van der Waals surface area contributed by atoms with Crippen LogP contribution in [0.4, 0.5) is 10.1 Å². The fourth-order valence-corrected chi connectivity index (χ4v) is 2.17. The zero-order valence-electron chi connectivity index (χ0n) is 11.0. The number of rotatable bonds is 3. The summed E-state index contributed by atoms with van der Waals surface area (Å²) >= 11 is 0. The summed E-state index contributed by atoms with van der Waals surface area (Å²) in [5.41, 5.74) is 7.85. The molecule has 2 aromatic heterocycles. The lowest BCUT2D eigenvalue weighted by Gasteiger charge is -2.09. The standard InChI is InChI=1S/C15H14FN3O/c1-2-10-6-8-19-15(10)14(5-7-18-19)20-13-4-3-11(17)9-12(13)16/h3-9H,2,17H2,1H3. The molecule has 1 aromatic carbocycles. The molecular weight excluding hydrogens is 257 g/mol. The van der Waals surface area contributed by atoms with E-state index in [4.69, 9.17) is 10.5 Å². The lowest BCUT2D eigenvalue weighted by Crippen LogP contribution is -1.96. The van der Waals surface area contributed by atoms with Crippen molar-refractivity contribution in [1.29, 1.82) is 0 Å². The van der Waals surface area contributed by atoms with Gasteiger partial charge in [-0.1, -0.05) is 6.92 Å². The number of nitrogen functional groups attached to an aromatic ring is 1. The van der Waals surface area contributed by atoms with Crippen LogP contribution in [0.5, 0.6) is 11.5 Å². The highest BCUT2D eigenvalue weighted by Crippen LogP contribution is 2.30. The third-order valence-corrected chi connectivity index (χ3v) is 3.16. The smallest absolute Gasteiger partial charge is 0.167 e. The van der Waals surface area contributed by atoms with E-state index in [9.17, 15) is 4.39 Å². The van der Waals surface area contributed by atoms with Crippen LogP contribution < -0.4 is 10.5 Å². The lowest BCUT2D eigenvalue weighted by molar-refractivity contribution is 0.443. The first-order valence-corrected chi connectivity index (χ1v) is 6.37. The second kappa shape index (κ2) is 4.85. The number of anilines is 1. The van der Waals surface area contributed by atoms with Crippen LogP contribution in [-0.4, -0.2) is 9.61 Å². The van der Waals surface area contributed by atoms with Crippen LogP contribution >= 0.6 is 0 Å². The summed E-state index contributed by atoms with van der Waals surface area (Å²) in [5, 5.41) is 4.21. The average Bonchev–Trinajstić information content (AvgIpc) is 2.86. The van der Waals surface area contributed by atoms with Gasteiger partial charge in [-0.3, -0.25) is 0 Å². The van der Waals surface area contributed by atoms with Crippen LogP contribution in [0, 0.1) is 5.82 Å². The van der Waals surface area contributed by atoms with Gasteiger partial charge in [0.25, 0.3) is 0 Å². The maximum Gasteiger partial charge on any atom is 0.167 e. The van der Waals surface area contributed by atoms with E-state index in [1.165, 1.54) is 12.1 Å². The number of fused-ring (bicyclic) bond motifs is 1. The van der Waals surface area contributed by atoms with E-state index < -0.39 is 5.82 Å². The summed E-state index contributed by atoms with van der Waals surface area (Å²) in [5.74, 6) is 0.241. The second-order valence-corrected chi connectivity index (χ2v) is 4.48. The molecule has 0 aliphatic rings. The second-order valence-electron chi connectivity index (χ2n) is 4.48. The Morgan fingerprint density at radius 3 is 2.85 bits per heavy atom. The van der Waals surface area contributed by atoms with Gasteiger partial charge in [0, 0.05) is 24.0 Å². The van der Waals surface area contributed by atoms with Crippen molar-refractivity contribution >= 4 is 11.2 Å². The molecule has 0 amide bonds. The Morgan fingerprint density at radius 1 is 1.25 bits per heavy atom. The highest BCUT2D eigenvalue weighted by Gasteiger charge is 2.11. The number of ether oxygens (including phenoxy) is 1. The maximum absolute atomic E-state index is 13.8. The van der Waals surface area contributed by atoms with E-state index in [-0.39, 0.29) is 5.75 Å². The molecule has 5 heteroatoms. The number of aryl methyl sites for hydroxylation is 1. The summed E-state index contributed by atoms with van der Waals surface area (Å²) in [4.78, 5) is 0. The highest BCUT2D eigenvalue weighted by atomic mass is 19.1. The summed E-state index contributed by atoms with van der Waals surface area (Å²) in [6, 6.07) is 8.08. The first-order chi connectivity index (χ1) is 9.69. The first kappa shape index (κ1) is 12.5. The molecule has 2 heterocycles. The maximum atomic E-state index is 13.8.